The van der Waals surface area contributed by atoms with E-state index in [-0.39, 0.29) is 6.10 Å². The molecule has 0 aromatic rings. The van der Waals surface area contributed by atoms with Crippen LogP contribution in [0.3, 0.4) is 0 Å². The van der Waals surface area contributed by atoms with Crippen LogP contribution in [0.2, 0.25) is 0 Å². The molecule has 1 saturated carbocycles. The van der Waals surface area contributed by atoms with E-state index in [0.717, 1.165) is 12.8 Å². The summed E-state index contributed by atoms with van der Waals surface area (Å²) in [5, 5.41) is 13.5. The molecule has 2 nitrogen and oxygen atoms in total. The van der Waals surface area contributed by atoms with Gasteiger partial charge in [0.2, 0.25) is 0 Å². The molecule has 1 rings (SSSR count). The minimum atomic E-state index is -0.102. The molecule has 0 saturated heterocycles. The van der Waals surface area contributed by atoms with E-state index in [1.165, 1.54) is 38.5 Å². The summed E-state index contributed by atoms with van der Waals surface area (Å²) in [6.45, 7) is 4.48. The fraction of sp³-hybridized carbons (Fsp3) is 1.00. The normalized spacial score (nSPS) is 29.0. The Morgan fingerprint density at radius 1 is 1.27 bits per heavy atom. The van der Waals surface area contributed by atoms with E-state index in [0.29, 0.717) is 12.1 Å². The van der Waals surface area contributed by atoms with Crippen LogP contribution >= 0.6 is 0 Å². The lowest BCUT2D eigenvalue weighted by Crippen LogP contribution is -2.46. The largest absolute Gasteiger partial charge is 0.392 e. The fourth-order valence-electron chi connectivity index (χ4n) is 2.46. The smallest absolute Gasteiger partial charge is 0.0693 e. The molecule has 0 bridgehead atoms. The molecule has 0 aromatic heterocycles. The van der Waals surface area contributed by atoms with Gasteiger partial charge in [0.1, 0.15) is 0 Å². The molecule has 0 aliphatic heterocycles. The Balaban J connectivity index is 2.29. The Morgan fingerprint density at radius 2 is 2.00 bits per heavy atom. The second-order valence-electron chi connectivity index (χ2n) is 4.87. The molecule has 0 aromatic carbocycles. The number of unbranched alkanes of at least 4 members (excludes halogenated alkanes) is 1. The van der Waals surface area contributed by atoms with Gasteiger partial charge in [0.05, 0.1) is 6.10 Å². The summed E-state index contributed by atoms with van der Waals surface area (Å²) in [6.07, 6.45) is 9.53. The predicted octanol–water partition coefficient (Wildman–Crippen LogP) is 2.85. The van der Waals surface area contributed by atoms with Gasteiger partial charge in [0.25, 0.3) is 0 Å². The minimum absolute atomic E-state index is 0.102. The summed E-state index contributed by atoms with van der Waals surface area (Å²) >= 11 is 0. The lowest BCUT2D eigenvalue weighted by molar-refractivity contribution is 0.0836. The van der Waals surface area contributed by atoms with Crippen LogP contribution in [0.1, 0.15) is 65.2 Å². The first kappa shape index (κ1) is 13.0. The number of aliphatic hydroxyl groups is 1. The first-order chi connectivity index (χ1) is 7.27. The Kier molecular flexibility index (Phi) is 6.26. The summed E-state index contributed by atoms with van der Waals surface area (Å²) in [4.78, 5) is 0. The third-order valence-corrected chi connectivity index (χ3v) is 3.58. The Bertz CT molecular complexity index is 161. The van der Waals surface area contributed by atoms with Crippen molar-refractivity contribution >= 4 is 0 Å². The highest BCUT2D eigenvalue weighted by Gasteiger charge is 2.24. The third-order valence-electron chi connectivity index (χ3n) is 3.58. The lowest BCUT2D eigenvalue weighted by atomic mass is 9.91. The van der Waals surface area contributed by atoms with E-state index in [4.69, 9.17) is 0 Å². The first-order valence-electron chi connectivity index (χ1n) is 6.72. The van der Waals surface area contributed by atoms with Gasteiger partial charge >= 0.3 is 0 Å². The van der Waals surface area contributed by atoms with Crippen LogP contribution in [-0.2, 0) is 0 Å². The third kappa shape index (κ3) is 4.52. The first-order valence-corrected chi connectivity index (χ1v) is 6.72. The summed E-state index contributed by atoms with van der Waals surface area (Å²) < 4.78 is 0. The average molecular weight is 213 g/mol. The number of hydrogen-bond donors (Lipinski definition) is 2. The predicted molar refractivity (Wildman–Crippen MR) is 65.0 cm³/mol. The Morgan fingerprint density at radius 3 is 2.60 bits per heavy atom. The van der Waals surface area contributed by atoms with Gasteiger partial charge in [-0.05, 0) is 25.7 Å². The van der Waals surface area contributed by atoms with Gasteiger partial charge in [-0.3, -0.25) is 0 Å². The van der Waals surface area contributed by atoms with Crippen LogP contribution in [0, 0.1) is 0 Å². The molecule has 15 heavy (non-hydrogen) atoms. The van der Waals surface area contributed by atoms with E-state index in [2.05, 4.69) is 19.2 Å². The number of nitrogens with one attached hydrogen (secondary N) is 1. The minimum Gasteiger partial charge on any atom is -0.392 e. The molecular formula is C13H27NO. The summed E-state index contributed by atoms with van der Waals surface area (Å²) in [5.41, 5.74) is 0. The second-order valence-corrected chi connectivity index (χ2v) is 4.87. The summed E-state index contributed by atoms with van der Waals surface area (Å²) in [7, 11) is 0. The van der Waals surface area contributed by atoms with E-state index in [1.807, 2.05) is 0 Å². The number of aliphatic hydroxyl groups excluding tert-OH is 1. The zero-order valence-electron chi connectivity index (χ0n) is 10.3. The van der Waals surface area contributed by atoms with Crippen molar-refractivity contribution in [2.75, 3.05) is 0 Å². The molecule has 1 aliphatic rings. The summed E-state index contributed by atoms with van der Waals surface area (Å²) in [5.74, 6) is 0. The quantitative estimate of drug-likeness (QED) is 0.711. The molecule has 1 aliphatic carbocycles. The van der Waals surface area contributed by atoms with Gasteiger partial charge in [0, 0.05) is 12.1 Å². The van der Waals surface area contributed by atoms with Gasteiger partial charge in [-0.25, -0.2) is 0 Å². The van der Waals surface area contributed by atoms with Crippen LogP contribution in [0.25, 0.3) is 0 Å². The highest BCUT2D eigenvalue weighted by molar-refractivity contribution is 4.83. The summed E-state index contributed by atoms with van der Waals surface area (Å²) in [6, 6.07) is 0.975. The van der Waals surface area contributed by atoms with Crippen LogP contribution in [0.5, 0.6) is 0 Å². The van der Waals surface area contributed by atoms with Crippen molar-refractivity contribution in [1.82, 2.24) is 5.32 Å². The topological polar surface area (TPSA) is 32.3 Å². The van der Waals surface area contributed by atoms with Gasteiger partial charge in [0.15, 0.2) is 0 Å². The van der Waals surface area contributed by atoms with Crippen molar-refractivity contribution in [3.8, 4) is 0 Å². The van der Waals surface area contributed by atoms with Crippen molar-refractivity contribution in [2.45, 2.75) is 83.4 Å². The lowest BCUT2D eigenvalue weighted by Gasteiger charge is -2.32. The maximum absolute atomic E-state index is 9.88. The van der Waals surface area contributed by atoms with Gasteiger partial charge in [-0.2, -0.15) is 0 Å². The van der Waals surface area contributed by atoms with Crippen molar-refractivity contribution in [3.63, 3.8) is 0 Å². The zero-order chi connectivity index (χ0) is 11.1. The molecule has 2 N–H and O–H groups in total. The molecule has 0 heterocycles. The van der Waals surface area contributed by atoms with E-state index < -0.39 is 0 Å². The van der Waals surface area contributed by atoms with Crippen LogP contribution < -0.4 is 5.32 Å². The standard InChI is InChI=1S/C13H27NO/c1-3-5-8-11(4-2)14-12-9-6-7-10-13(12)15/h11-15H,3-10H2,1-2H3. The fourth-order valence-corrected chi connectivity index (χ4v) is 2.46. The van der Waals surface area contributed by atoms with Crippen molar-refractivity contribution < 1.29 is 5.11 Å². The maximum atomic E-state index is 9.88. The molecule has 1 fully saturated rings. The van der Waals surface area contributed by atoms with Gasteiger partial charge in [-0.1, -0.05) is 39.5 Å². The van der Waals surface area contributed by atoms with Crippen molar-refractivity contribution in [1.29, 1.82) is 0 Å². The molecular weight excluding hydrogens is 186 g/mol. The van der Waals surface area contributed by atoms with E-state index >= 15 is 0 Å². The Labute approximate surface area is 94.5 Å². The molecule has 2 heteroatoms. The van der Waals surface area contributed by atoms with Crippen molar-refractivity contribution in [2.24, 2.45) is 0 Å². The number of rotatable bonds is 6. The van der Waals surface area contributed by atoms with Crippen molar-refractivity contribution in [3.05, 3.63) is 0 Å². The van der Waals surface area contributed by atoms with Gasteiger partial charge < -0.3 is 10.4 Å². The maximum Gasteiger partial charge on any atom is 0.0693 e. The molecule has 0 radical (unpaired) electrons. The molecule has 90 valence electrons. The monoisotopic (exact) mass is 213 g/mol. The number of hydrogen-bond acceptors (Lipinski definition) is 2. The van der Waals surface area contributed by atoms with Gasteiger partial charge in [-0.15, -0.1) is 0 Å². The van der Waals surface area contributed by atoms with E-state index in [9.17, 15) is 5.11 Å². The van der Waals surface area contributed by atoms with E-state index in [1.54, 1.807) is 0 Å². The van der Waals surface area contributed by atoms with Crippen LogP contribution in [0.15, 0.2) is 0 Å². The Hall–Kier alpha value is -0.0800. The second kappa shape index (κ2) is 7.24. The average Bonchev–Trinajstić information content (AvgIpc) is 2.26. The van der Waals surface area contributed by atoms with Crippen LogP contribution in [0.4, 0.5) is 0 Å². The van der Waals surface area contributed by atoms with Crippen LogP contribution in [-0.4, -0.2) is 23.3 Å². The molecule has 0 spiro atoms. The molecule has 3 unspecified atom stereocenters. The highest BCUT2D eigenvalue weighted by Crippen LogP contribution is 2.19. The SMILES string of the molecule is CCCCC(CC)NC1CCCCC1O. The zero-order valence-corrected chi connectivity index (χ0v) is 10.3. The molecule has 3 atom stereocenters. The molecule has 0 amide bonds. The highest BCUT2D eigenvalue weighted by atomic mass is 16.3.